The number of aromatic amines is 1. The summed E-state index contributed by atoms with van der Waals surface area (Å²) in [6.07, 6.45) is 4.43. The monoisotopic (exact) mass is 195 g/mol. The molecule has 0 spiro atoms. The van der Waals surface area contributed by atoms with Crippen LogP contribution in [0.2, 0.25) is 0 Å². The van der Waals surface area contributed by atoms with Crippen LogP contribution < -0.4 is 11.1 Å². The van der Waals surface area contributed by atoms with Crippen LogP contribution in [-0.4, -0.2) is 33.4 Å². The smallest absolute Gasteiger partial charge is 0.273 e. The lowest BCUT2D eigenvalue weighted by Gasteiger charge is -2.41. The molecule has 0 unspecified atom stereocenters. The summed E-state index contributed by atoms with van der Waals surface area (Å²) >= 11 is 0. The number of aromatic nitrogens is 3. The first-order valence-electron chi connectivity index (χ1n) is 4.64. The minimum absolute atomic E-state index is 0.198. The third-order valence-electron chi connectivity index (χ3n) is 2.73. The molecule has 1 fully saturated rings. The molecule has 0 aliphatic heterocycles. The lowest BCUT2D eigenvalue weighted by Crippen LogP contribution is -2.58. The van der Waals surface area contributed by atoms with E-state index >= 15 is 0 Å². The molecule has 1 saturated carbocycles. The quantitative estimate of drug-likeness (QED) is 0.601. The lowest BCUT2D eigenvalue weighted by atomic mass is 9.77. The zero-order valence-electron chi connectivity index (χ0n) is 7.79. The average molecular weight is 195 g/mol. The molecule has 6 heteroatoms. The molecule has 4 N–H and O–H groups in total. The first-order valence-corrected chi connectivity index (χ1v) is 4.64. The van der Waals surface area contributed by atoms with Crippen LogP contribution in [0.3, 0.4) is 0 Å². The predicted octanol–water partition coefficient (Wildman–Crippen LogP) is -0.584. The summed E-state index contributed by atoms with van der Waals surface area (Å²) in [5, 5.41) is 12.6. The number of nitrogens with two attached hydrogens (primary N) is 1. The van der Waals surface area contributed by atoms with Crippen molar-refractivity contribution in [3.8, 4) is 0 Å². The maximum Gasteiger partial charge on any atom is 0.273 e. The standard InChI is InChI=1S/C8H13N5O/c9-5-8(2-1-3-8)11-7(14)6-4-10-13-12-6/h4H,1-3,5,9H2,(H,11,14)(H,10,12,13). The van der Waals surface area contributed by atoms with E-state index in [4.69, 9.17) is 5.73 Å². The number of rotatable bonds is 3. The van der Waals surface area contributed by atoms with E-state index in [9.17, 15) is 4.79 Å². The van der Waals surface area contributed by atoms with Gasteiger partial charge in [-0.25, -0.2) is 0 Å². The Bertz CT molecular complexity index is 311. The molecule has 0 bridgehead atoms. The first-order chi connectivity index (χ1) is 6.76. The summed E-state index contributed by atoms with van der Waals surface area (Å²) in [6.45, 7) is 0.483. The third kappa shape index (κ3) is 1.48. The zero-order valence-corrected chi connectivity index (χ0v) is 7.79. The Morgan fingerprint density at radius 2 is 2.50 bits per heavy atom. The average Bonchev–Trinajstić information content (AvgIpc) is 2.63. The maximum atomic E-state index is 11.6. The van der Waals surface area contributed by atoms with E-state index in [0.717, 1.165) is 19.3 Å². The van der Waals surface area contributed by atoms with E-state index in [0.29, 0.717) is 12.2 Å². The number of amides is 1. The van der Waals surface area contributed by atoms with Crippen LogP contribution in [-0.2, 0) is 0 Å². The van der Waals surface area contributed by atoms with Gasteiger partial charge in [0, 0.05) is 6.54 Å². The van der Waals surface area contributed by atoms with Gasteiger partial charge in [0.1, 0.15) is 0 Å². The Morgan fingerprint density at radius 1 is 1.71 bits per heavy atom. The van der Waals surface area contributed by atoms with Crippen molar-refractivity contribution >= 4 is 5.91 Å². The third-order valence-corrected chi connectivity index (χ3v) is 2.73. The Morgan fingerprint density at radius 3 is 2.93 bits per heavy atom. The second-order valence-corrected chi connectivity index (χ2v) is 3.65. The summed E-state index contributed by atoms with van der Waals surface area (Å²) in [5.41, 5.74) is 5.72. The number of nitrogens with zero attached hydrogens (tertiary/aromatic N) is 2. The summed E-state index contributed by atoms with van der Waals surface area (Å²) in [4.78, 5) is 11.6. The SMILES string of the molecule is NCC1(NC(=O)c2cn[nH]n2)CCC1. The molecule has 76 valence electrons. The molecule has 0 aromatic carbocycles. The van der Waals surface area contributed by atoms with Crippen LogP contribution in [0, 0.1) is 0 Å². The number of nitrogens with one attached hydrogen (secondary N) is 2. The van der Waals surface area contributed by atoms with Crippen LogP contribution in [0.25, 0.3) is 0 Å². The van der Waals surface area contributed by atoms with Crippen LogP contribution in [0.5, 0.6) is 0 Å². The lowest BCUT2D eigenvalue weighted by molar-refractivity contribution is 0.0832. The van der Waals surface area contributed by atoms with Crippen molar-refractivity contribution in [2.75, 3.05) is 6.54 Å². The van der Waals surface area contributed by atoms with Gasteiger partial charge in [-0.3, -0.25) is 4.79 Å². The summed E-state index contributed by atoms with van der Waals surface area (Å²) in [5.74, 6) is -0.205. The Balaban J connectivity index is 2.01. The van der Waals surface area contributed by atoms with Crippen LogP contribution in [0.15, 0.2) is 6.20 Å². The van der Waals surface area contributed by atoms with Crippen LogP contribution in [0.1, 0.15) is 29.8 Å². The summed E-state index contributed by atoms with van der Waals surface area (Å²) in [7, 11) is 0. The number of carbonyl (C=O) groups is 1. The van der Waals surface area contributed by atoms with Gasteiger partial charge in [0.25, 0.3) is 5.91 Å². The second-order valence-electron chi connectivity index (χ2n) is 3.65. The molecule has 1 aromatic heterocycles. The zero-order chi connectivity index (χ0) is 10.0. The molecule has 1 amide bonds. The Kier molecular flexibility index (Phi) is 2.20. The molecule has 2 rings (SSSR count). The molecule has 1 aliphatic carbocycles. The molecule has 0 saturated heterocycles. The summed E-state index contributed by atoms with van der Waals surface area (Å²) in [6, 6.07) is 0. The van der Waals surface area contributed by atoms with Crippen molar-refractivity contribution in [2.45, 2.75) is 24.8 Å². The van der Waals surface area contributed by atoms with Gasteiger partial charge in [0.05, 0.1) is 11.7 Å². The largest absolute Gasteiger partial charge is 0.344 e. The van der Waals surface area contributed by atoms with Crippen molar-refractivity contribution in [3.05, 3.63) is 11.9 Å². The maximum absolute atomic E-state index is 11.6. The molecular formula is C8H13N5O. The highest BCUT2D eigenvalue weighted by Gasteiger charge is 2.37. The molecule has 1 aromatic rings. The summed E-state index contributed by atoms with van der Waals surface area (Å²) < 4.78 is 0. The van der Waals surface area contributed by atoms with Crippen LogP contribution in [0.4, 0.5) is 0 Å². The molecule has 1 heterocycles. The van der Waals surface area contributed by atoms with Gasteiger partial charge in [0.2, 0.25) is 0 Å². The Hall–Kier alpha value is -1.43. The molecule has 6 nitrogen and oxygen atoms in total. The fourth-order valence-electron chi connectivity index (χ4n) is 1.60. The number of hydrogen-bond acceptors (Lipinski definition) is 4. The normalized spacial score (nSPS) is 18.6. The van der Waals surface area contributed by atoms with E-state index in [1.165, 1.54) is 6.20 Å². The van der Waals surface area contributed by atoms with Gasteiger partial charge < -0.3 is 11.1 Å². The highest BCUT2D eigenvalue weighted by Crippen LogP contribution is 2.30. The van der Waals surface area contributed by atoms with Crippen molar-refractivity contribution < 1.29 is 4.79 Å². The van der Waals surface area contributed by atoms with E-state index in [-0.39, 0.29) is 11.4 Å². The van der Waals surface area contributed by atoms with Crippen molar-refractivity contribution in [1.29, 1.82) is 0 Å². The van der Waals surface area contributed by atoms with E-state index in [1.54, 1.807) is 0 Å². The van der Waals surface area contributed by atoms with Gasteiger partial charge >= 0.3 is 0 Å². The van der Waals surface area contributed by atoms with E-state index in [2.05, 4.69) is 20.7 Å². The topological polar surface area (TPSA) is 96.7 Å². The van der Waals surface area contributed by atoms with E-state index in [1.807, 2.05) is 0 Å². The van der Waals surface area contributed by atoms with Gasteiger partial charge in [-0.05, 0) is 19.3 Å². The number of hydrogen-bond donors (Lipinski definition) is 3. The van der Waals surface area contributed by atoms with Crippen molar-refractivity contribution in [2.24, 2.45) is 5.73 Å². The molecule has 14 heavy (non-hydrogen) atoms. The molecular weight excluding hydrogens is 182 g/mol. The minimum atomic E-state index is -0.205. The van der Waals surface area contributed by atoms with Crippen molar-refractivity contribution in [3.63, 3.8) is 0 Å². The van der Waals surface area contributed by atoms with Gasteiger partial charge in [-0.15, -0.1) is 0 Å². The molecule has 0 atom stereocenters. The Labute approximate surface area is 81.3 Å². The highest BCUT2D eigenvalue weighted by molar-refractivity contribution is 5.92. The molecule has 1 aliphatic rings. The van der Waals surface area contributed by atoms with Gasteiger partial charge in [0.15, 0.2) is 5.69 Å². The van der Waals surface area contributed by atoms with Crippen LogP contribution >= 0.6 is 0 Å². The predicted molar refractivity (Wildman–Crippen MR) is 49.5 cm³/mol. The first kappa shape index (κ1) is 9.14. The fraction of sp³-hybridized carbons (Fsp3) is 0.625. The van der Waals surface area contributed by atoms with Gasteiger partial charge in [-0.1, -0.05) is 0 Å². The number of H-pyrrole nitrogens is 1. The van der Waals surface area contributed by atoms with Gasteiger partial charge in [-0.2, -0.15) is 15.4 Å². The molecule has 0 radical (unpaired) electrons. The fourth-order valence-corrected chi connectivity index (χ4v) is 1.60. The van der Waals surface area contributed by atoms with Crippen molar-refractivity contribution in [1.82, 2.24) is 20.7 Å². The number of carbonyl (C=O) groups excluding carboxylic acids is 1. The highest BCUT2D eigenvalue weighted by atomic mass is 16.2. The van der Waals surface area contributed by atoms with E-state index < -0.39 is 0 Å². The minimum Gasteiger partial charge on any atom is -0.344 e. The second kappa shape index (κ2) is 3.38.